The van der Waals surface area contributed by atoms with Crippen LogP contribution in [0.4, 0.5) is 0 Å². The van der Waals surface area contributed by atoms with Gasteiger partial charge in [0.15, 0.2) is 0 Å². The maximum Gasteiger partial charge on any atom is 0.241 e. The lowest BCUT2D eigenvalue weighted by atomic mass is 10.1. The van der Waals surface area contributed by atoms with E-state index in [0.717, 1.165) is 11.1 Å². The minimum Gasteiger partial charge on any atom is -0.468 e. The van der Waals surface area contributed by atoms with Gasteiger partial charge in [-0.1, -0.05) is 6.07 Å². The van der Waals surface area contributed by atoms with E-state index in [9.17, 15) is 8.42 Å². The van der Waals surface area contributed by atoms with E-state index in [1.54, 1.807) is 37.3 Å². The third-order valence-corrected chi connectivity index (χ3v) is 4.63. The molecule has 0 radical (unpaired) electrons. The van der Waals surface area contributed by atoms with Crippen molar-refractivity contribution in [1.29, 1.82) is 0 Å². The maximum atomic E-state index is 12.2. The SMILES string of the molecule is Cc1ccc(S(=O)(=O)N[C@H](C)c2ccco2)cc1C. The molecule has 1 N–H and O–H groups in total. The van der Waals surface area contributed by atoms with Gasteiger partial charge in [-0.05, 0) is 56.2 Å². The standard InChI is InChI=1S/C14H17NO3S/c1-10-6-7-13(9-11(10)2)19(16,17)15-12(3)14-5-4-8-18-14/h4-9,12,15H,1-3H3/t12-/m1/s1. The summed E-state index contributed by atoms with van der Waals surface area (Å²) in [4.78, 5) is 0.272. The number of hydrogen-bond acceptors (Lipinski definition) is 3. The van der Waals surface area contributed by atoms with Crippen LogP contribution in [-0.4, -0.2) is 8.42 Å². The highest BCUT2D eigenvalue weighted by Crippen LogP contribution is 2.19. The summed E-state index contributed by atoms with van der Waals surface area (Å²) in [5.41, 5.74) is 2.02. The Morgan fingerprint density at radius 3 is 2.47 bits per heavy atom. The van der Waals surface area contributed by atoms with Crippen molar-refractivity contribution < 1.29 is 12.8 Å². The van der Waals surface area contributed by atoms with Gasteiger partial charge in [-0.25, -0.2) is 13.1 Å². The van der Waals surface area contributed by atoms with E-state index in [1.165, 1.54) is 6.26 Å². The van der Waals surface area contributed by atoms with Crippen molar-refractivity contribution in [2.75, 3.05) is 0 Å². The smallest absolute Gasteiger partial charge is 0.241 e. The third-order valence-electron chi connectivity index (χ3n) is 3.09. The molecule has 1 heterocycles. The molecule has 5 heteroatoms. The fraction of sp³-hybridized carbons (Fsp3) is 0.286. The monoisotopic (exact) mass is 279 g/mol. The van der Waals surface area contributed by atoms with Crippen molar-refractivity contribution in [2.24, 2.45) is 0 Å². The Hall–Kier alpha value is -1.59. The Bertz CT molecular complexity index is 660. The molecule has 0 bridgehead atoms. The van der Waals surface area contributed by atoms with Crippen LogP contribution >= 0.6 is 0 Å². The van der Waals surface area contributed by atoms with Crippen molar-refractivity contribution >= 4 is 10.0 Å². The van der Waals surface area contributed by atoms with Crippen molar-refractivity contribution in [3.05, 3.63) is 53.5 Å². The Morgan fingerprint density at radius 2 is 1.89 bits per heavy atom. The Balaban J connectivity index is 2.25. The van der Waals surface area contributed by atoms with Crippen LogP contribution in [0.1, 0.15) is 29.9 Å². The highest BCUT2D eigenvalue weighted by Gasteiger charge is 2.20. The van der Waals surface area contributed by atoms with Crippen LogP contribution in [0, 0.1) is 13.8 Å². The summed E-state index contributed by atoms with van der Waals surface area (Å²) in [7, 11) is -3.53. The van der Waals surface area contributed by atoms with Crippen LogP contribution < -0.4 is 4.72 Å². The van der Waals surface area contributed by atoms with E-state index in [2.05, 4.69) is 4.72 Å². The Kier molecular flexibility index (Phi) is 3.78. The first kappa shape index (κ1) is 13.8. The molecule has 0 aliphatic carbocycles. The number of furan rings is 1. The molecule has 2 rings (SSSR count). The fourth-order valence-corrected chi connectivity index (χ4v) is 3.07. The van der Waals surface area contributed by atoms with E-state index >= 15 is 0 Å². The first-order valence-corrected chi connectivity index (χ1v) is 7.51. The van der Waals surface area contributed by atoms with Gasteiger partial charge in [0, 0.05) is 0 Å². The van der Waals surface area contributed by atoms with Gasteiger partial charge in [0.25, 0.3) is 0 Å². The minimum absolute atomic E-state index is 0.272. The van der Waals surface area contributed by atoms with E-state index < -0.39 is 16.1 Å². The molecule has 0 saturated carbocycles. The maximum absolute atomic E-state index is 12.2. The lowest BCUT2D eigenvalue weighted by Crippen LogP contribution is -2.26. The first-order chi connectivity index (χ1) is 8.90. The molecule has 0 aliphatic heterocycles. The molecule has 0 spiro atoms. The molecule has 0 saturated heterocycles. The fourth-order valence-electron chi connectivity index (χ4n) is 1.78. The summed E-state index contributed by atoms with van der Waals surface area (Å²) in [6.45, 7) is 5.59. The van der Waals surface area contributed by atoms with Gasteiger partial charge in [-0.2, -0.15) is 0 Å². The molecule has 2 aromatic rings. The van der Waals surface area contributed by atoms with Crippen molar-refractivity contribution in [1.82, 2.24) is 4.72 Å². The summed E-state index contributed by atoms with van der Waals surface area (Å²) in [5.74, 6) is 0.590. The number of sulfonamides is 1. The molecule has 102 valence electrons. The van der Waals surface area contributed by atoms with Crippen LogP contribution in [0.15, 0.2) is 45.9 Å². The summed E-state index contributed by atoms with van der Waals surface area (Å²) in [6.07, 6.45) is 1.52. The molecule has 1 atom stereocenters. The summed E-state index contributed by atoms with van der Waals surface area (Å²) in [5, 5.41) is 0. The second-order valence-electron chi connectivity index (χ2n) is 4.60. The van der Waals surface area contributed by atoms with Crippen LogP contribution in [-0.2, 0) is 10.0 Å². The van der Waals surface area contributed by atoms with E-state index in [4.69, 9.17) is 4.42 Å². The second-order valence-corrected chi connectivity index (χ2v) is 6.32. The van der Waals surface area contributed by atoms with Crippen molar-refractivity contribution in [3.8, 4) is 0 Å². The van der Waals surface area contributed by atoms with E-state index in [-0.39, 0.29) is 4.90 Å². The minimum atomic E-state index is -3.53. The van der Waals surface area contributed by atoms with Gasteiger partial charge in [-0.15, -0.1) is 0 Å². The molecule has 1 aromatic carbocycles. The molecule has 19 heavy (non-hydrogen) atoms. The molecule has 0 unspecified atom stereocenters. The van der Waals surface area contributed by atoms with Crippen LogP contribution in [0.2, 0.25) is 0 Å². The Labute approximate surface area is 113 Å². The second kappa shape index (κ2) is 5.19. The van der Waals surface area contributed by atoms with Crippen molar-refractivity contribution in [2.45, 2.75) is 31.7 Å². The van der Waals surface area contributed by atoms with Gasteiger partial charge in [0.1, 0.15) is 5.76 Å². The first-order valence-electron chi connectivity index (χ1n) is 6.03. The summed E-state index contributed by atoms with van der Waals surface area (Å²) >= 11 is 0. The average Bonchev–Trinajstić information content (AvgIpc) is 2.85. The van der Waals surface area contributed by atoms with E-state index in [1.807, 2.05) is 13.8 Å². The van der Waals surface area contributed by atoms with Crippen molar-refractivity contribution in [3.63, 3.8) is 0 Å². The quantitative estimate of drug-likeness (QED) is 0.936. The largest absolute Gasteiger partial charge is 0.468 e. The zero-order valence-electron chi connectivity index (χ0n) is 11.2. The molecule has 0 aliphatic rings. The third kappa shape index (κ3) is 3.05. The molecule has 4 nitrogen and oxygen atoms in total. The molecule has 0 fully saturated rings. The number of aryl methyl sites for hydroxylation is 2. The van der Waals surface area contributed by atoms with Gasteiger partial charge >= 0.3 is 0 Å². The number of hydrogen-bond donors (Lipinski definition) is 1. The molecular weight excluding hydrogens is 262 g/mol. The number of nitrogens with one attached hydrogen (secondary N) is 1. The predicted molar refractivity (Wildman–Crippen MR) is 73.4 cm³/mol. The molecular formula is C14H17NO3S. The topological polar surface area (TPSA) is 59.3 Å². The van der Waals surface area contributed by atoms with E-state index in [0.29, 0.717) is 5.76 Å². The molecule has 1 aromatic heterocycles. The Morgan fingerprint density at radius 1 is 1.16 bits per heavy atom. The summed E-state index contributed by atoms with van der Waals surface area (Å²) in [6, 6.07) is 8.17. The zero-order valence-corrected chi connectivity index (χ0v) is 12.0. The highest BCUT2D eigenvalue weighted by molar-refractivity contribution is 7.89. The highest BCUT2D eigenvalue weighted by atomic mass is 32.2. The van der Waals surface area contributed by atoms with Gasteiger partial charge in [0.05, 0.1) is 17.2 Å². The summed E-state index contributed by atoms with van der Waals surface area (Å²) < 4.78 is 32.3. The lowest BCUT2D eigenvalue weighted by molar-refractivity contribution is 0.459. The molecule has 0 amide bonds. The van der Waals surface area contributed by atoms with Gasteiger partial charge in [0.2, 0.25) is 10.0 Å². The van der Waals surface area contributed by atoms with Crippen LogP contribution in [0.25, 0.3) is 0 Å². The normalized spacial score (nSPS) is 13.4. The van der Waals surface area contributed by atoms with Crippen LogP contribution in [0.5, 0.6) is 0 Å². The van der Waals surface area contributed by atoms with Crippen LogP contribution in [0.3, 0.4) is 0 Å². The average molecular weight is 279 g/mol. The zero-order chi connectivity index (χ0) is 14.0. The van der Waals surface area contributed by atoms with Gasteiger partial charge in [-0.3, -0.25) is 0 Å². The number of benzene rings is 1. The lowest BCUT2D eigenvalue weighted by Gasteiger charge is -2.13. The number of rotatable bonds is 4. The van der Waals surface area contributed by atoms with Gasteiger partial charge < -0.3 is 4.42 Å². The predicted octanol–water partition coefficient (Wildman–Crippen LogP) is 2.94.